The van der Waals surface area contributed by atoms with E-state index in [0.29, 0.717) is 24.8 Å². The molecule has 3 rings (SSSR count). The fraction of sp³-hybridized carbons (Fsp3) is 0.545. The first-order valence-electron chi connectivity index (χ1n) is 10.4. The number of amides is 2. The van der Waals surface area contributed by atoms with Gasteiger partial charge in [0.05, 0.1) is 23.9 Å². The van der Waals surface area contributed by atoms with Gasteiger partial charge in [0.25, 0.3) is 0 Å². The molecule has 0 saturated heterocycles. The average molecular weight is 398 g/mol. The number of hydrogen-bond acceptors (Lipinski definition) is 4. The van der Waals surface area contributed by atoms with Crippen molar-refractivity contribution in [1.82, 2.24) is 25.8 Å². The number of rotatable bonds is 7. The number of aryl methyl sites for hydroxylation is 2. The van der Waals surface area contributed by atoms with E-state index in [2.05, 4.69) is 25.8 Å². The SMILES string of the molecule is CC(=O)NC(c1ccccn1)C1CCC(CNC(=O)Cc2c(C)n[nH]c2C)CC1. The predicted molar refractivity (Wildman–Crippen MR) is 111 cm³/mol. The maximum absolute atomic E-state index is 12.3. The molecule has 2 aromatic heterocycles. The van der Waals surface area contributed by atoms with E-state index in [0.717, 1.165) is 48.3 Å². The topological polar surface area (TPSA) is 99.8 Å². The van der Waals surface area contributed by atoms with Crippen LogP contribution in [0.15, 0.2) is 24.4 Å². The minimum absolute atomic E-state index is 0.0279. The highest BCUT2D eigenvalue weighted by atomic mass is 16.2. The normalized spacial score (nSPS) is 20.1. The van der Waals surface area contributed by atoms with Gasteiger partial charge < -0.3 is 10.6 Å². The van der Waals surface area contributed by atoms with Crippen LogP contribution in [0.25, 0.3) is 0 Å². The van der Waals surface area contributed by atoms with Crippen LogP contribution in [0.3, 0.4) is 0 Å². The van der Waals surface area contributed by atoms with Gasteiger partial charge in [-0.2, -0.15) is 5.10 Å². The molecule has 7 nitrogen and oxygen atoms in total. The van der Waals surface area contributed by atoms with Crippen LogP contribution in [0.4, 0.5) is 0 Å². The molecule has 1 aliphatic carbocycles. The van der Waals surface area contributed by atoms with E-state index in [1.807, 2.05) is 32.0 Å². The minimum atomic E-state index is -0.0451. The van der Waals surface area contributed by atoms with Crippen molar-refractivity contribution in [3.8, 4) is 0 Å². The standard InChI is InChI=1S/C22H31N5O2/c1-14-19(15(2)27-26-14)12-21(29)24-13-17-7-9-18(10-8-17)22(25-16(3)28)20-6-4-5-11-23-20/h4-6,11,17-18,22H,7-10,12-13H2,1-3H3,(H,24,29)(H,25,28)(H,26,27). The van der Waals surface area contributed by atoms with Gasteiger partial charge in [-0.25, -0.2) is 0 Å². The Kier molecular flexibility index (Phi) is 7.01. The Hall–Kier alpha value is -2.70. The fourth-order valence-electron chi connectivity index (χ4n) is 4.25. The summed E-state index contributed by atoms with van der Waals surface area (Å²) in [5, 5.41) is 13.3. The largest absolute Gasteiger partial charge is 0.356 e. The Balaban J connectivity index is 1.49. The van der Waals surface area contributed by atoms with Crippen LogP contribution in [0.1, 0.15) is 61.3 Å². The van der Waals surface area contributed by atoms with Gasteiger partial charge >= 0.3 is 0 Å². The van der Waals surface area contributed by atoms with Gasteiger partial charge in [0.2, 0.25) is 11.8 Å². The van der Waals surface area contributed by atoms with Gasteiger partial charge in [0, 0.05) is 30.9 Å². The lowest BCUT2D eigenvalue weighted by atomic mass is 9.77. The lowest BCUT2D eigenvalue weighted by Gasteiger charge is -2.34. The summed E-state index contributed by atoms with van der Waals surface area (Å²) in [6.07, 6.45) is 6.25. The summed E-state index contributed by atoms with van der Waals surface area (Å²) >= 11 is 0. The molecule has 2 amide bonds. The molecule has 1 unspecified atom stereocenters. The van der Waals surface area contributed by atoms with Gasteiger partial charge in [-0.3, -0.25) is 19.7 Å². The van der Waals surface area contributed by atoms with Gasteiger partial charge in [0.15, 0.2) is 0 Å². The van der Waals surface area contributed by atoms with E-state index in [9.17, 15) is 9.59 Å². The Morgan fingerprint density at radius 3 is 2.55 bits per heavy atom. The highest BCUT2D eigenvalue weighted by Crippen LogP contribution is 2.36. The van der Waals surface area contributed by atoms with Crippen LogP contribution in [-0.2, 0) is 16.0 Å². The summed E-state index contributed by atoms with van der Waals surface area (Å²) < 4.78 is 0. The fourth-order valence-corrected chi connectivity index (χ4v) is 4.25. The van der Waals surface area contributed by atoms with Crippen LogP contribution in [-0.4, -0.2) is 33.5 Å². The second-order valence-corrected chi connectivity index (χ2v) is 8.11. The molecule has 1 atom stereocenters. The first kappa shape index (κ1) is 21.0. The average Bonchev–Trinajstić information content (AvgIpc) is 3.03. The molecule has 1 aliphatic rings. The molecule has 7 heteroatoms. The molecule has 1 saturated carbocycles. The Labute approximate surface area is 172 Å². The zero-order valence-corrected chi connectivity index (χ0v) is 17.5. The second kappa shape index (κ2) is 9.67. The van der Waals surface area contributed by atoms with Crippen molar-refractivity contribution in [2.24, 2.45) is 11.8 Å². The van der Waals surface area contributed by atoms with E-state index in [-0.39, 0.29) is 17.9 Å². The minimum Gasteiger partial charge on any atom is -0.356 e. The Morgan fingerprint density at radius 2 is 1.97 bits per heavy atom. The number of carbonyl (C=O) groups excluding carboxylic acids is 2. The molecule has 0 spiro atoms. The summed E-state index contributed by atoms with van der Waals surface area (Å²) in [6, 6.07) is 5.78. The zero-order valence-electron chi connectivity index (χ0n) is 17.5. The van der Waals surface area contributed by atoms with Crippen LogP contribution in [0, 0.1) is 25.7 Å². The number of carbonyl (C=O) groups is 2. The van der Waals surface area contributed by atoms with E-state index in [1.165, 1.54) is 0 Å². The number of nitrogens with one attached hydrogen (secondary N) is 3. The van der Waals surface area contributed by atoms with Crippen molar-refractivity contribution in [2.45, 2.75) is 58.9 Å². The number of nitrogens with zero attached hydrogens (tertiary/aromatic N) is 2. The van der Waals surface area contributed by atoms with Gasteiger partial charge in [-0.15, -0.1) is 0 Å². The maximum atomic E-state index is 12.3. The van der Waals surface area contributed by atoms with Gasteiger partial charge in [-0.1, -0.05) is 6.07 Å². The van der Waals surface area contributed by atoms with Crippen molar-refractivity contribution in [1.29, 1.82) is 0 Å². The van der Waals surface area contributed by atoms with E-state index < -0.39 is 0 Å². The molecular weight excluding hydrogens is 366 g/mol. The second-order valence-electron chi connectivity index (χ2n) is 8.11. The van der Waals surface area contributed by atoms with E-state index >= 15 is 0 Å². The van der Waals surface area contributed by atoms with Gasteiger partial charge in [0.1, 0.15) is 0 Å². The molecule has 0 aliphatic heterocycles. The monoisotopic (exact) mass is 397 g/mol. The first-order chi connectivity index (χ1) is 13.9. The lowest BCUT2D eigenvalue weighted by Crippen LogP contribution is -2.37. The van der Waals surface area contributed by atoms with Crippen molar-refractivity contribution >= 4 is 11.8 Å². The third-order valence-corrected chi connectivity index (χ3v) is 5.93. The van der Waals surface area contributed by atoms with Crippen LogP contribution in [0.2, 0.25) is 0 Å². The first-order valence-corrected chi connectivity index (χ1v) is 10.4. The maximum Gasteiger partial charge on any atom is 0.224 e. The summed E-state index contributed by atoms with van der Waals surface area (Å²) in [5.74, 6) is 0.865. The predicted octanol–water partition coefficient (Wildman–Crippen LogP) is 2.76. The molecule has 0 aromatic carbocycles. The molecule has 2 aromatic rings. The van der Waals surface area contributed by atoms with E-state index in [4.69, 9.17) is 0 Å². The molecule has 156 valence electrons. The highest BCUT2D eigenvalue weighted by molar-refractivity contribution is 5.79. The number of H-pyrrole nitrogens is 1. The molecule has 2 heterocycles. The number of hydrogen-bond donors (Lipinski definition) is 3. The summed E-state index contributed by atoms with van der Waals surface area (Å²) in [4.78, 5) is 28.5. The number of aromatic amines is 1. The third-order valence-electron chi connectivity index (χ3n) is 5.93. The van der Waals surface area contributed by atoms with Crippen LogP contribution >= 0.6 is 0 Å². The summed E-state index contributed by atoms with van der Waals surface area (Å²) in [6.45, 7) is 6.12. The number of pyridine rings is 1. The van der Waals surface area contributed by atoms with Crippen LogP contribution < -0.4 is 10.6 Å². The Morgan fingerprint density at radius 1 is 1.21 bits per heavy atom. The quantitative estimate of drug-likeness (QED) is 0.669. The summed E-state index contributed by atoms with van der Waals surface area (Å²) in [7, 11) is 0. The van der Waals surface area contributed by atoms with Crippen LogP contribution in [0.5, 0.6) is 0 Å². The Bertz CT molecular complexity index is 805. The van der Waals surface area contributed by atoms with Crippen molar-refractivity contribution in [3.05, 3.63) is 47.0 Å². The lowest BCUT2D eigenvalue weighted by molar-refractivity contribution is -0.121. The molecular formula is C22H31N5O2. The van der Waals surface area contributed by atoms with Crippen molar-refractivity contribution in [2.75, 3.05) is 6.54 Å². The molecule has 0 bridgehead atoms. The molecule has 0 radical (unpaired) electrons. The molecule has 29 heavy (non-hydrogen) atoms. The zero-order chi connectivity index (χ0) is 20.8. The van der Waals surface area contributed by atoms with Crippen molar-refractivity contribution < 1.29 is 9.59 Å². The smallest absolute Gasteiger partial charge is 0.224 e. The third kappa shape index (κ3) is 5.65. The molecule has 3 N–H and O–H groups in total. The molecule has 1 fully saturated rings. The number of aromatic nitrogens is 3. The highest BCUT2D eigenvalue weighted by Gasteiger charge is 2.30. The van der Waals surface area contributed by atoms with Crippen molar-refractivity contribution in [3.63, 3.8) is 0 Å². The van der Waals surface area contributed by atoms with Gasteiger partial charge in [-0.05, 0) is 63.5 Å². The van der Waals surface area contributed by atoms with E-state index in [1.54, 1.807) is 13.1 Å². The summed E-state index contributed by atoms with van der Waals surface area (Å²) in [5.41, 5.74) is 3.75.